The molecule has 0 unspecified atom stereocenters. The Kier molecular flexibility index (Phi) is 7.05. The first-order valence-electron chi connectivity index (χ1n) is 9.38. The molecule has 0 saturated heterocycles. The van der Waals surface area contributed by atoms with E-state index in [-0.39, 0.29) is 29.9 Å². The molecule has 0 bridgehead atoms. The number of halogens is 2. The Morgan fingerprint density at radius 1 is 1.17 bits per heavy atom. The van der Waals surface area contributed by atoms with Gasteiger partial charge < -0.3 is 24.8 Å². The van der Waals surface area contributed by atoms with Crippen molar-refractivity contribution in [3.05, 3.63) is 47.5 Å². The number of nitrogens with one attached hydrogen (secondary N) is 2. The zero-order valence-corrected chi connectivity index (χ0v) is 16.4. The predicted octanol–water partition coefficient (Wildman–Crippen LogP) is 2.92. The van der Waals surface area contributed by atoms with E-state index in [1.807, 2.05) is 6.07 Å². The second kappa shape index (κ2) is 9.91. The Bertz CT molecular complexity index is 920. The predicted molar refractivity (Wildman–Crippen MR) is 105 cm³/mol. The Morgan fingerprint density at radius 3 is 2.77 bits per heavy atom. The second-order valence-electron chi connectivity index (χ2n) is 6.62. The Hall–Kier alpha value is -3.36. The van der Waals surface area contributed by atoms with Crippen molar-refractivity contribution in [1.29, 1.82) is 0 Å². The third kappa shape index (κ3) is 5.82. The Labute approximate surface area is 172 Å². The lowest BCUT2D eigenvalue weighted by Crippen LogP contribution is -2.30. The zero-order valence-electron chi connectivity index (χ0n) is 16.4. The largest absolute Gasteiger partial charge is 0.493 e. The first-order chi connectivity index (χ1) is 14.4. The van der Waals surface area contributed by atoms with E-state index in [4.69, 9.17) is 9.47 Å². The van der Waals surface area contributed by atoms with Crippen LogP contribution in [0, 0.1) is 0 Å². The van der Waals surface area contributed by atoms with Crippen LogP contribution in [0.25, 0.3) is 0 Å². The minimum atomic E-state index is -2.95. The van der Waals surface area contributed by atoms with Crippen LogP contribution < -0.4 is 24.8 Å². The average Bonchev–Trinajstić information content (AvgIpc) is 2.72. The van der Waals surface area contributed by atoms with Crippen molar-refractivity contribution < 1.29 is 32.6 Å². The van der Waals surface area contributed by atoms with E-state index in [1.165, 1.54) is 19.2 Å². The van der Waals surface area contributed by atoms with E-state index in [2.05, 4.69) is 15.4 Å². The molecular weight excluding hydrogens is 398 g/mol. The zero-order chi connectivity index (χ0) is 21.5. The van der Waals surface area contributed by atoms with Crippen LogP contribution in [-0.2, 0) is 22.4 Å². The summed E-state index contributed by atoms with van der Waals surface area (Å²) < 4.78 is 39.9. The molecule has 0 saturated carbocycles. The molecule has 0 aliphatic carbocycles. The number of alkyl halides is 2. The lowest BCUT2D eigenvalue weighted by atomic mass is 10.0. The summed E-state index contributed by atoms with van der Waals surface area (Å²) >= 11 is 0. The van der Waals surface area contributed by atoms with Gasteiger partial charge in [0, 0.05) is 18.7 Å². The summed E-state index contributed by atoms with van der Waals surface area (Å²) in [7, 11) is 1.37. The highest BCUT2D eigenvalue weighted by Crippen LogP contribution is 2.29. The fraction of sp³-hybridized carbons (Fsp3) is 0.333. The number of fused-ring (bicyclic) bond motifs is 1. The van der Waals surface area contributed by atoms with Gasteiger partial charge in [0.1, 0.15) is 5.75 Å². The van der Waals surface area contributed by atoms with Crippen LogP contribution in [0.15, 0.2) is 36.4 Å². The molecule has 9 heteroatoms. The highest BCUT2D eigenvalue weighted by Gasteiger charge is 2.15. The van der Waals surface area contributed by atoms with E-state index in [0.717, 1.165) is 11.3 Å². The molecule has 30 heavy (non-hydrogen) atoms. The van der Waals surface area contributed by atoms with Crippen LogP contribution in [0.1, 0.15) is 17.5 Å². The number of methoxy groups -OCH3 is 1. The average molecular weight is 420 g/mol. The standard InChI is InChI=1S/C21H22F2N2O5/c1-28-17-6-2-13(10-18(17)30-21(22)23)8-9-24-20(27)12-29-15-4-5-16-14(11-15)3-7-19(26)25-16/h2,4-6,10-11,21H,3,7-9,12H2,1H3,(H,24,27)(H,25,26). The maximum Gasteiger partial charge on any atom is 0.387 e. The van der Waals surface area contributed by atoms with Crippen LogP contribution in [0.5, 0.6) is 17.2 Å². The van der Waals surface area contributed by atoms with E-state index in [9.17, 15) is 18.4 Å². The molecule has 1 aliphatic heterocycles. The smallest absolute Gasteiger partial charge is 0.387 e. The number of aryl methyl sites for hydroxylation is 1. The molecule has 0 fully saturated rings. The number of hydrogen-bond acceptors (Lipinski definition) is 5. The lowest BCUT2D eigenvalue weighted by Gasteiger charge is -2.17. The van der Waals surface area contributed by atoms with Gasteiger partial charge in [-0.05, 0) is 54.3 Å². The molecule has 3 rings (SSSR count). The molecule has 2 aromatic carbocycles. The Morgan fingerprint density at radius 2 is 2.00 bits per heavy atom. The summed E-state index contributed by atoms with van der Waals surface area (Å²) in [5.41, 5.74) is 2.44. The van der Waals surface area contributed by atoms with Crippen LogP contribution in [-0.4, -0.2) is 38.7 Å². The molecular formula is C21H22F2N2O5. The molecule has 0 spiro atoms. The molecule has 160 valence electrons. The van der Waals surface area contributed by atoms with Crippen molar-refractivity contribution >= 4 is 17.5 Å². The van der Waals surface area contributed by atoms with Gasteiger partial charge >= 0.3 is 6.61 Å². The van der Waals surface area contributed by atoms with Gasteiger partial charge in [-0.1, -0.05) is 6.07 Å². The molecule has 2 amide bonds. The van der Waals surface area contributed by atoms with Gasteiger partial charge in [0.25, 0.3) is 5.91 Å². The summed E-state index contributed by atoms with van der Waals surface area (Å²) in [5.74, 6) is 0.382. The van der Waals surface area contributed by atoms with Gasteiger partial charge in [0.05, 0.1) is 7.11 Å². The number of hydrogen-bond donors (Lipinski definition) is 2. The number of carbonyl (C=O) groups excluding carboxylic acids is 2. The monoisotopic (exact) mass is 420 g/mol. The molecule has 7 nitrogen and oxygen atoms in total. The number of anilines is 1. The number of rotatable bonds is 9. The van der Waals surface area contributed by atoms with Gasteiger partial charge in [-0.25, -0.2) is 0 Å². The van der Waals surface area contributed by atoms with E-state index in [0.29, 0.717) is 37.1 Å². The van der Waals surface area contributed by atoms with Crippen molar-refractivity contribution in [3.63, 3.8) is 0 Å². The molecule has 0 aromatic heterocycles. The molecule has 2 aromatic rings. The molecule has 2 N–H and O–H groups in total. The van der Waals surface area contributed by atoms with Crippen molar-refractivity contribution in [1.82, 2.24) is 5.32 Å². The fourth-order valence-corrected chi connectivity index (χ4v) is 3.06. The van der Waals surface area contributed by atoms with Gasteiger partial charge in [0.15, 0.2) is 18.1 Å². The SMILES string of the molecule is COc1ccc(CCNC(=O)COc2ccc3c(c2)CCC(=O)N3)cc1OC(F)F. The van der Waals surface area contributed by atoms with Crippen molar-refractivity contribution in [2.24, 2.45) is 0 Å². The topological polar surface area (TPSA) is 85.9 Å². The van der Waals surface area contributed by atoms with Gasteiger partial charge in [-0.3, -0.25) is 9.59 Å². The first kappa shape index (κ1) is 21.4. The van der Waals surface area contributed by atoms with Crippen LogP contribution >= 0.6 is 0 Å². The number of ether oxygens (including phenoxy) is 3. The summed E-state index contributed by atoms with van der Waals surface area (Å²) in [5, 5.41) is 5.50. The third-order valence-electron chi connectivity index (χ3n) is 4.52. The number of carbonyl (C=O) groups is 2. The number of benzene rings is 2. The molecule has 0 atom stereocenters. The first-order valence-corrected chi connectivity index (χ1v) is 9.38. The maximum atomic E-state index is 12.5. The van der Waals surface area contributed by atoms with E-state index in [1.54, 1.807) is 18.2 Å². The number of amides is 2. The summed E-state index contributed by atoms with van der Waals surface area (Å²) in [4.78, 5) is 23.4. The normalized spacial score (nSPS) is 12.7. The minimum absolute atomic E-state index is 0.0136. The lowest BCUT2D eigenvalue weighted by molar-refractivity contribution is -0.123. The van der Waals surface area contributed by atoms with Crippen molar-refractivity contribution in [2.75, 3.05) is 25.6 Å². The quantitative estimate of drug-likeness (QED) is 0.652. The maximum absolute atomic E-state index is 12.5. The highest BCUT2D eigenvalue weighted by atomic mass is 19.3. The van der Waals surface area contributed by atoms with E-state index < -0.39 is 6.61 Å². The summed E-state index contributed by atoms with van der Waals surface area (Å²) in [6.45, 7) is -2.81. The highest BCUT2D eigenvalue weighted by molar-refractivity contribution is 5.94. The fourth-order valence-electron chi connectivity index (χ4n) is 3.06. The van der Waals surface area contributed by atoms with Crippen molar-refractivity contribution in [3.8, 4) is 17.2 Å². The van der Waals surface area contributed by atoms with Crippen LogP contribution in [0.4, 0.5) is 14.5 Å². The van der Waals surface area contributed by atoms with Crippen molar-refractivity contribution in [2.45, 2.75) is 25.9 Å². The molecule has 1 heterocycles. The third-order valence-corrected chi connectivity index (χ3v) is 4.52. The van der Waals surface area contributed by atoms with Crippen LogP contribution in [0.3, 0.4) is 0 Å². The summed E-state index contributed by atoms with van der Waals surface area (Å²) in [6.07, 6.45) is 1.48. The molecule has 0 radical (unpaired) electrons. The Balaban J connectivity index is 1.46. The van der Waals surface area contributed by atoms with Crippen LogP contribution in [0.2, 0.25) is 0 Å². The summed E-state index contributed by atoms with van der Waals surface area (Å²) in [6, 6.07) is 9.97. The molecule has 1 aliphatic rings. The van der Waals surface area contributed by atoms with E-state index >= 15 is 0 Å². The second-order valence-corrected chi connectivity index (χ2v) is 6.62. The van der Waals surface area contributed by atoms with Gasteiger partial charge in [-0.15, -0.1) is 0 Å². The minimum Gasteiger partial charge on any atom is -0.493 e. The van der Waals surface area contributed by atoms with Gasteiger partial charge in [-0.2, -0.15) is 8.78 Å². The van der Waals surface area contributed by atoms with Gasteiger partial charge in [0.2, 0.25) is 5.91 Å².